The fourth-order valence-corrected chi connectivity index (χ4v) is 2.83. The molecule has 2 aliphatic heterocycles. The first kappa shape index (κ1) is 13.2. The van der Waals surface area contributed by atoms with Crippen LogP contribution in [0.4, 0.5) is 0 Å². The Morgan fingerprint density at radius 3 is 2.18 bits per heavy atom. The molecule has 0 aliphatic carbocycles. The van der Waals surface area contributed by atoms with Crippen LogP contribution in [0.3, 0.4) is 0 Å². The van der Waals surface area contributed by atoms with E-state index in [4.69, 9.17) is 14.2 Å². The van der Waals surface area contributed by atoms with Crippen LogP contribution in [-0.2, 0) is 14.2 Å². The molecule has 2 fully saturated rings. The zero-order valence-electron chi connectivity index (χ0n) is 11.0. The molecule has 2 saturated heterocycles. The second-order valence-corrected chi connectivity index (χ2v) is 4.97. The summed E-state index contributed by atoms with van der Waals surface area (Å²) in [6.07, 6.45) is 1.89. The highest BCUT2D eigenvalue weighted by Crippen LogP contribution is 2.18. The smallest absolute Gasteiger partial charge is 0.0971 e. The second-order valence-electron chi connectivity index (χ2n) is 4.97. The third-order valence-corrected chi connectivity index (χ3v) is 3.89. The number of nitrogens with one attached hydrogen (secondary N) is 1. The summed E-state index contributed by atoms with van der Waals surface area (Å²) in [6, 6.07) is 0.535. The molecule has 5 nitrogen and oxygen atoms in total. The van der Waals surface area contributed by atoms with Gasteiger partial charge in [0.2, 0.25) is 0 Å². The van der Waals surface area contributed by atoms with Gasteiger partial charge in [0, 0.05) is 53.6 Å². The molecule has 4 atom stereocenters. The topological polar surface area (TPSA) is 43.0 Å². The highest BCUT2D eigenvalue weighted by atomic mass is 16.5. The summed E-state index contributed by atoms with van der Waals surface area (Å²) in [5, 5.41) is 3.50. The molecular formula is C12H24N2O3. The molecule has 0 bridgehead atoms. The molecule has 0 spiro atoms. The lowest BCUT2D eigenvalue weighted by molar-refractivity contribution is -0.00461. The molecule has 2 rings (SSSR count). The lowest BCUT2D eigenvalue weighted by Gasteiger charge is -2.20. The first-order valence-corrected chi connectivity index (χ1v) is 6.31. The predicted octanol–water partition coefficient (Wildman–Crippen LogP) is -0.291. The Hall–Kier alpha value is -0.200. The van der Waals surface area contributed by atoms with E-state index in [2.05, 4.69) is 10.2 Å². The van der Waals surface area contributed by atoms with E-state index < -0.39 is 0 Å². The van der Waals surface area contributed by atoms with Crippen molar-refractivity contribution in [1.29, 1.82) is 0 Å². The zero-order chi connectivity index (χ0) is 12.3. The van der Waals surface area contributed by atoms with Gasteiger partial charge in [-0.3, -0.25) is 4.90 Å². The highest BCUT2D eigenvalue weighted by molar-refractivity contribution is 4.90. The first-order chi connectivity index (χ1) is 8.26. The molecule has 0 amide bonds. The van der Waals surface area contributed by atoms with Crippen LogP contribution >= 0.6 is 0 Å². The van der Waals surface area contributed by atoms with E-state index in [1.807, 2.05) is 0 Å². The van der Waals surface area contributed by atoms with Crippen molar-refractivity contribution in [2.75, 3.05) is 47.5 Å². The summed E-state index contributed by atoms with van der Waals surface area (Å²) >= 11 is 0. The number of rotatable bonds is 5. The van der Waals surface area contributed by atoms with Crippen molar-refractivity contribution in [3.8, 4) is 0 Å². The van der Waals surface area contributed by atoms with Crippen molar-refractivity contribution in [3.63, 3.8) is 0 Å². The minimum absolute atomic E-state index is 0.208. The van der Waals surface area contributed by atoms with E-state index in [1.165, 1.54) is 0 Å². The molecule has 0 aromatic rings. The van der Waals surface area contributed by atoms with Gasteiger partial charge in [-0.25, -0.2) is 0 Å². The number of nitrogens with zero attached hydrogens (tertiary/aromatic N) is 1. The summed E-state index contributed by atoms with van der Waals surface area (Å²) in [4.78, 5) is 2.41. The standard InChI is InChI=1S/C12H24N2O3/c1-15-10-4-9(13-5-10)6-14-7-11(16-2)12(8-14)17-3/h9-13H,4-8H2,1-3H3. The van der Waals surface area contributed by atoms with Gasteiger partial charge in [-0.2, -0.15) is 0 Å². The second kappa shape index (κ2) is 6.11. The van der Waals surface area contributed by atoms with Gasteiger partial charge in [0.15, 0.2) is 0 Å². The maximum absolute atomic E-state index is 5.44. The van der Waals surface area contributed by atoms with Crippen LogP contribution in [0.25, 0.3) is 0 Å². The van der Waals surface area contributed by atoms with Gasteiger partial charge >= 0.3 is 0 Å². The summed E-state index contributed by atoms with van der Waals surface area (Å²) < 4.78 is 16.2. The minimum Gasteiger partial charge on any atom is -0.380 e. The Bertz CT molecular complexity index is 228. The van der Waals surface area contributed by atoms with Crippen LogP contribution in [0.5, 0.6) is 0 Å². The summed E-state index contributed by atoms with van der Waals surface area (Å²) in [5.41, 5.74) is 0. The van der Waals surface area contributed by atoms with Gasteiger partial charge in [0.25, 0.3) is 0 Å². The SMILES string of the molecule is COC1CNC(CN2CC(OC)C(OC)C2)C1. The van der Waals surface area contributed by atoms with Gasteiger partial charge in [0.1, 0.15) is 0 Å². The van der Waals surface area contributed by atoms with Gasteiger partial charge in [-0.1, -0.05) is 0 Å². The van der Waals surface area contributed by atoms with Crippen LogP contribution in [0.1, 0.15) is 6.42 Å². The van der Waals surface area contributed by atoms with Gasteiger partial charge in [-0.15, -0.1) is 0 Å². The third kappa shape index (κ3) is 3.17. The average molecular weight is 244 g/mol. The van der Waals surface area contributed by atoms with E-state index in [1.54, 1.807) is 21.3 Å². The summed E-state index contributed by atoms with van der Waals surface area (Å²) in [7, 11) is 5.30. The van der Waals surface area contributed by atoms with Crippen molar-refractivity contribution in [3.05, 3.63) is 0 Å². The van der Waals surface area contributed by atoms with E-state index >= 15 is 0 Å². The normalized spacial score (nSPS) is 39.0. The number of hydrogen-bond donors (Lipinski definition) is 1. The molecule has 0 aromatic carbocycles. The molecule has 5 heteroatoms. The molecule has 1 N–H and O–H groups in total. The maximum Gasteiger partial charge on any atom is 0.0971 e. The average Bonchev–Trinajstić information content (AvgIpc) is 2.95. The number of likely N-dealkylation sites (tertiary alicyclic amines) is 1. The number of hydrogen-bond acceptors (Lipinski definition) is 5. The van der Waals surface area contributed by atoms with Crippen LogP contribution in [0.15, 0.2) is 0 Å². The molecular weight excluding hydrogens is 220 g/mol. The van der Waals surface area contributed by atoms with Crippen molar-refractivity contribution < 1.29 is 14.2 Å². The van der Waals surface area contributed by atoms with Crippen LogP contribution in [0, 0.1) is 0 Å². The first-order valence-electron chi connectivity index (χ1n) is 6.31. The van der Waals surface area contributed by atoms with Gasteiger partial charge in [-0.05, 0) is 6.42 Å². The van der Waals surface area contributed by atoms with Crippen LogP contribution in [0.2, 0.25) is 0 Å². The molecule has 0 radical (unpaired) electrons. The van der Waals surface area contributed by atoms with Gasteiger partial charge < -0.3 is 19.5 Å². The van der Waals surface area contributed by atoms with Crippen molar-refractivity contribution in [1.82, 2.24) is 10.2 Å². The molecule has 17 heavy (non-hydrogen) atoms. The molecule has 0 aromatic heterocycles. The predicted molar refractivity (Wildman–Crippen MR) is 65.2 cm³/mol. The third-order valence-electron chi connectivity index (χ3n) is 3.89. The molecule has 2 aliphatic rings. The lowest BCUT2D eigenvalue weighted by Crippen LogP contribution is -2.37. The Kier molecular flexibility index (Phi) is 4.76. The number of methoxy groups -OCH3 is 3. The fraction of sp³-hybridized carbons (Fsp3) is 1.00. The van der Waals surface area contributed by atoms with E-state index in [9.17, 15) is 0 Å². The Morgan fingerprint density at radius 2 is 1.71 bits per heavy atom. The van der Waals surface area contributed by atoms with Crippen molar-refractivity contribution in [2.45, 2.75) is 30.8 Å². The summed E-state index contributed by atoms with van der Waals surface area (Å²) in [5.74, 6) is 0. The van der Waals surface area contributed by atoms with E-state index in [0.29, 0.717) is 12.1 Å². The monoisotopic (exact) mass is 244 g/mol. The number of ether oxygens (including phenoxy) is 3. The molecule has 0 saturated carbocycles. The molecule has 4 unspecified atom stereocenters. The van der Waals surface area contributed by atoms with E-state index in [-0.39, 0.29) is 12.2 Å². The van der Waals surface area contributed by atoms with Crippen LogP contribution < -0.4 is 5.32 Å². The highest BCUT2D eigenvalue weighted by Gasteiger charge is 2.35. The Morgan fingerprint density at radius 1 is 1.06 bits per heavy atom. The molecule has 2 heterocycles. The zero-order valence-corrected chi connectivity index (χ0v) is 11.0. The maximum atomic E-state index is 5.44. The van der Waals surface area contributed by atoms with Crippen molar-refractivity contribution >= 4 is 0 Å². The van der Waals surface area contributed by atoms with E-state index in [0.717, 1.165) is 32.6 Å². The Balaban J connectivity index is 1.77. The summed E-state index contributed by atoms with van der Waals surface area (Å²) in [6.45, 7) is 3.95. The minimum atomic E-state index is 0.208. The van der Waals surface area contributed by atoms with Crippen molar-refractivity contribution in [2.24, 2.45) is 0 Å². The molecule has 100 valence electrons. The fourth-order valence-electron chi connectivity index (χ4n) is 2.83. The Labute approximate surface area is 103 Å². The quantitative estimate of drug-likeness (QED) is 0.720. The lowest BCUT2D eigenvalue weighted by atomic mass is 10.2. The van der Waals surface area contributed by atoms with Crippen LogP contribution in [-0.4, -0.2) is 76.8 Å². The van der Waals surface area contributed by atoms with Gasteiger partial charge in [0.05, 0.1) is 18.3 Å². The largest absolute Gasteiger partial charge is 0.380 e.